The van der Waals surface area contributed by atoms with Gasteiger partial charge >= 0.3 is 6.01 Å². The quantitative estimate of drug-likeness (QED) is 0.649. The molecule has 1 aliphatic carbocycles. The molecule has 128 valence electrons. The van der Waals surface area contributed by atoms with Crippen LogP contribution in [-0.2, 0) is 14.3 Å². The van der Waals surface area contributed by atoms with E-state index in [4.69, 9.17) is 15.2 Å². The zero-order valence-corrected chi connectivity index (χ0v) is 13.9. The Morgan fingerprint density at radius 1 is 1.12 bits per heavy atom. The van der Waals surface area contributed by atoms with E-state index in [0.29, 0.717) is 23.1 Å². The van der Waals surface area contributed by atoms with E-state index >= 15 is 0 Å². The Balaban J connectivity index is 2.17. The molecular formula is C18H17N3O4. The largest absolute Gasteiger partial charge is 0.461 e. The van der Waals surface area contributed by atoms with Crippen LogP contribution in [0, 0.1) is 0 Å². The summed E-state index contributed by atoms with van der Waals surface area (Å²) < 4.78 is 10.4. The number of aromatic nitrogens is 2. The number of ether oxygens (including phenoxy) is 2. The highest BCUT2D eigenvalue weighted by Crippen LogP contribution is 2.30. The van der Waals surface area contributed by atoms with Crippen LogP contribution >= 0.6 is 0 Å². The molecule has 0 atom stereocenters. The molecule has 2 aromatic rings. The first-order chi connectivity index (χ1) is 12.0. The molecular weight excluding hydrogens is 322 g/mol. The second kappa shape index (κ2) is 6.82. The Kier molecular flexibility index (Phi) is 4.58. The summed E-state index contributed by atoms with van der Waals surface area (Å²) in [5, 5.41) is 0.619. The maximum Gasteiger partial charge on any atom is 0.317 e. The molecule has 0 saturated carbocycles. The topological polar surface area (TPSA) is 104 Å². The fraction of sp³-hybridized carbons (Fsp3) is 0.222. The number of carbonyl (C=O) groups is 2. The van der Waals surface area contributed by atoms with Gasteiger partial charge in [-0.1, -0.05) is 18.2 Å². The van der Waals surface area contributed by atoms with Crippen molar-refractivity contribution in [1.82, 2.24) is 9.97 Å². The van der Waals surface area contributed by atoms with Gasteiger partial charge in [0.05, 0.1) is 29.1 Å². The second-order valence-electron chi connectivity index (χ2n) is 5.52. The van der Waals surface area contributed by atoms with Crippen molar-refractivity contribution < 1.29 is 19.1 Å². The lowest BCUT2D eigenvalue weighted by atomic mass is 9.91. The molecule has 0 amide bonds. The van der Waals surface area contributed by atoms with Crippen molar-refractivity contribution >= 4 is 28.0 Å². The monoisotopic (exact) mass is 339 g/mol. The van der Waals surface area contributed by atoms with Gasteiger partial charge in [0.25, 0.3) is 0 Å². The van der Waals surface area contributed by atoms with Crippen LogP contribution in [0.3, 0.4) is 0 Å². The van der Waals surface area contributed by atoms with E-state index < -0.39 is 0 Å². The number of allylic oxidation sites excluding steroid dienone is 3. The molecule has 1 aromatic carbocycles. The van der Waals surface area contributed by atoms with Crippen LogP contribution in [0.4, 0.5) is 0 Å². The number of fused-ring (bicyclic) bond motifs is 1. The third kappa shape index (κ3) is 3.14. The normalized spacial score (nSPS) is 14.9. The predicted octanol–water partition coefficient (Wildman–Crippen LogP) is 1.42. The highest BCUT2D eigenvalue weighted by molar-refractivity contribution is 6.37. The summed E-state index contributed by atoms with van der Waals surface area (Å²) in [6.07, 6.45) is 1.27. The average molecular weight is 339 g/mol. The fourth-order valence-electron chi connectivity index (χ4n) is 2.56. The van der Waals surface area contributed by atoms with Gasteiger partial charge in [-0.25, -0.2) is 0 Å². The highest BCUT2D eigenvalue weighted by Gasteiger charge is 2.28. The summed E-state index contributed by atoms with van der Waals surface area (Å²) in [7, 11) is 1.56. The van der Waals surface area contributed by atoms with Gasteiger partial charge < -0.3 is 15.2 Å². The minimum atomic E-state index is -0.376. The number of nitrogens with zero attached hydrogens (tertiary/aromatic N) is 2. The van der Waals surface area contributed by atoms with Crippen molar-refractivity contribution in [3.63, 3.8) is 0 Å². The predicted molar refractivity (Wildman–Crippen MR) is 91.8 cm³/mol. The highest BCUT2D eigenvalue weighted by atomic mass is 16.5. The molecule has 0 aliphatic heterocycles. The number of hydrogen-bond donors (Lipinski definition) is 1. The molecule has 1 heterocycles. The molecule has 1 aromatic heterocycles. The van der Waals surface area contributed by atoms with E-state index in [1.807, 2.05) is 6.07 Å². The minimum Gasteiger partial charge on any atom is -0.461 e. The van der Waals surface area contributed by atoms with E-state index in [-0.39, 0.29) is 41.1 Å². The summed E-state index contributed by atoms with van der Waals surface area (Å²) in [6.45, 7) is 2.19. The van der Waals surface area contributed by atoms with Crippen LogP contribution in [0.1, 0.15) is 12.6 Å². The zero-order chi connectivity index (χ0) is 18.0. The number of rotatable bonds is 5. The number of para-hydroxylation sites is 1. The molecule has 1 aliphatic rings. The number of ketones is 2. The molecule has 0 spiro atoms. The summed E-state index contributed by atoms with van der Waals surface area (Å²) in [4.78, 5) is 33.3. The van der Waals surface area contributed by atoms with E-state index in [0.717, 1.165) is 0 Å². The van der Waals surface area contributed by atoms with Crippen molar-refractivity contribution in [2.45, 2.75) is 6.92 Å². The standard InChI is InChI=1S/C18H17N3O4/c1-10-9-13(22)14(15(19)17(10)23)16-11-5-3-4-6-12(11)20-18(21-16)25-8-7-24-2/h3-6,9H,7-8,19H2,1-2H3. The van der Waals surface area contributed by atoms with Crippen molar-refractivity contribution in [3.8, 4) is 6.01 Å². The van der Waals surface area contributed by atoms with Gasteiger partial charge in [-0.3, -0.25) is 9.59 Å². The number of hydrogen-bond acceptors (Lipinski definition) is 7. The Morgan fingerprint density at radius 2 is 1.88 bits per heavy atom. The zero-order valence-electron chi connectivity index (χ0n) is 13.9. The summed E-state index contributed by atoms with van der Waals surface area (Å²) in [5.74, 6) is -0.736. The molecule has 7 heteroatoms. The molecule has 7 nitrogen and oxygen atoms in total. The van der Waals surface area contributed by atoms with Gasteiger partial charge in [0, 0.05) is 18.1 Å². The maximum absolute atomic E-state index is 12.5. The first-order valence-corrected chi connectivity index (χ1v) is 7.69. The van der Waals surface area contributed by atoms with Crippen LogP contribution in [0.15, 0.2) is 41.6 Å². The number of benzene rings is 1. The smallest absolute Gasteiger partial charge is 0.317 e. The molecule has 0 unspecified atom stereocenters. The Morgan fingerprint density at radius 3 is 2.64 bits per heavy atom. The molecule has 2 N–H and O–H groups in total. The number of carbonyl (C=O) groups excluding carboxylic acids is 2. The van der Waals surface area contributed by atoms with E-state index in [1.54, 1.807) is 32.2 Å². The van der Waals surface area contributed by atoms with Gasteiger partial charge in [-0.15, -0.1) is 0 Å². The minimum absolute atomic E-state index is 0.0748. The lowest BCUT2D eigenvalue weighted by Gasteiger charge is -2.16. The SMILES string of the molecule is COCCOc1nc(C2=C(N)C(=O)C(C)=CC2=O)c2ccccc2n1. The van der Waals surface area contributed by atoms with Gasteiger partial charge in [0.1, 0.15) is 6.61 Å². The molecule has 3 rings (SSSR count). The Labute approximate surface area is 144 Å². The van der Waals surface area contributed by atoms with Gasteiger partial charge in [0.15, 0.2) is 5.78 Å². The van der Waals surface area contributed by atoms with E-state index in [9.17, 15) is 9.59 Å². The van der Waals surface area contributed by atoms with E-state index in [1.165, 1.54) is 6.08 Å². The molecule has 0 bridgehead atoms. The third-order valence-corrected chi connectivity index (χ3v) is 3.80. The molecule has 0 saturated heterocycles. The first kappa shape index (κ1) is 16.8. The van der Waals surface area contributed by atoms with Crippen LogP contribution < -0.4 is 10.5 Å². The molecule has 0 fully saturated rings. The van der Waals surface area contributed by atoms with Crippen LogP contribution in [0.5, 0.6) is 6.01 Å². The first-order valence-electron chi connectivity index (χ1n) is 7.69. The molecule has 0 radical (unpaired) electrons. The summed E-state index contributed by atoms with van der Waals surface area (Å²) in [6, 6.07) is 7.25. The average Bonchev–Trinajstić information content (AvgIpc) is 2.60. The second-order valence-corrected chi connectivity index (χ2v) is 5.52. The van der Waals surface area contributed by atoms with Crippen LogP contribution in [-0.4, -0.2) is 41.9 Å². The van der Waals surface area contributed by atoms with Crippen LogP contribution in [0.25, 0.3) is 16.5 Å². The maximum atomic E-state index is 12.5. The van der Waals surface area contributed by atoms with Gasteiger partial charge in [0.2, 0.25) is 5.78 Å². The van der Waals surface area contributed by atoms with Gasteiger partial charge in [-0.2, -0.15) is 9.97 Å². The Hall–Kier alpha value is -3.06. The van der Waals surface area contributed by atoms with Crippen molar-refractivity contribution in [3.05, 3.63) is 47.3 Å². The third-order valence-electron chi connectivity index (χ3n) is 3.80. The van der Waals surface area contributed by atoms with Crippen molar-refractivity contribution in [1.29, 1.82) is 0 Å². The number of methoxy groups -OCH3 is 1. The van der Waals surface area contributed by atoms with E-state index in [2.05, 4.69) is 9.97 Å². The van der Waals surface area contributed by atoms with Crippen LogP contribution in [0.2, 0.25) is 0 Å². The fourth-order valence-corrected chi connectivity index (χ4v) is 2.56. The summed E-state index contributed by atoms with van der Waals surface area (Å²) >= 11 is 0. The van der Waals surface area contributed by atoms with Crippen molar-refractivity contribution in [2.75, 3.05) is 20.3 Å². The number of nitrogens with two attached hydrogens (primary N) is 1. The lowest BCUT2D eigenvalue weighted by Crippen LogP contribution is -2.23. The van der Waals surface area contributed by atoms with Crippen molar-refractivity contribution in [2.24, 2.45) is 5.73 Å². The summed E-state index contributed by atoms with van der Waals surface area (Å²) in [5.41, 5.74) is 7.09. The number of Topliss-reactive ketones (excluding diaryl/α,β-unsaturated/α-hetero) is 1. The lowest BCUT2D eigenvalue weighted by molar-refractivity contribution is -0.114. The van der Waals surface area contributed by atoms with Gasteiger partial charge in [-0.05, 0) is 19.1 Å². The Bertz CT molecular complexity index is 931. The molecule has 25 heavy (non-hydrogen) atoms.